The summed E-state index contributed by atoms with van der Waals surface area (Å²) < 4.78 is 0. The molecule has 0 atom stereocenters. The maximum Gasteiger partial charge on any atom is 0.335 e. The number of carboxylic acids is 1. The number of pyridine rings is 1. The summed E-state index contributed by atoms with van der Waals surface area (Å²) in [5.74, 6) is -0.931. The zero-order valence-electron chi connectivity index (χ0n) is 8.58. The zero-order chi connectivity index (χ0) is 11.8. The molecule has 0 saturated heterocycles. The Hall–Kier alpha value is -2.36. The van der Waals surface area contributed by atoms with Gasteiger partial charge in [-0.05, 0) is 36.4 Å². The van der Waals surface area contributed by atoms with E-state index in [1.165, 1.54) is 12.1 Å². The van der Waals surface area contributed by atoms with E-state index in [4.69, 9.17) is 10.8 Å². The Morgan fingerprint density at radius 2 is 1.62 bits per heavy atom. The van der Waals surface area contributed by atoms with Gasteiger partial charge in [0.2, 0.25) is 0 Å². The normalized spacial score (nSPS) is 8.75. The third kappa shape index (κ3) is 4.23. The molecule has 0 saturated carbocycles. The second-order valence-corrected chi connectivity index (χ2v) is 2.95. The van der Waals surface area contributed by atoms with E-state index in [0.717, 1.165) is 0 Å². The van der Waals surface area contributed by atoms with Crippen LogP contribution in [0, 0.1) is 0 Å². The Bertz CT molecular complexity index is 400. The highest BCUT2D eigenvalue weighted by Gasteiger charge is 1.98. The lowest BCUT2D eigenvalue weighted by atomic mass is 10.2. The molecular weight excluding hydrogens is 204 g/mol. The number of anilines is 1. The van der Waals surface area contributed by atoms with E-state index >= 15 is 0 Å². The third-order valence-electron chi connectivity index (χ3n) is 1.72. The van der Waals surface area contributed by atoms with Crippen LogP contribution in [0.15, 0.2) is 54.9 Å². The van der Waals surface area contributed by atoms with Crippen molar-refractivity contribution in [3.05, 3.63) is 60.4 Å². The van der Waals surface area contributed by atoms with Crippen LogP contribution in [0.1, 0.15) is 10.4 Å². The molecule has 4 nitrogen and oxygen atoms in total. The van der Waals surface area contributed by atoms with Crippen molar-refractivity contribution in [2.45, 2.75) is 0 Å². The minimum Gasteiger partial charge on any atom is -0.478 e. The Balaban J connectivity index is 0.000000181. The third-order valence-corrected chi connectivity index (χ3v) is 1.72. The summed E-state index contributed by atoms with van der Waals surface area (Å²) >= 11 is 0. The van der Waals surface area contributed by atoms with Gasteiger partial charge in [0.15, 0.2) is 0 Å². The highest BCUT2D eigenvalue weighted by atomic mass is 16.4. The second-order valence-electron chi connectivity index (χ2n) is 2.95. The van der Waals surface area contributed by atoms with E-state index in [-0.39, 0.29) is 5.56 Å². The molecular formula is C12H12N2O2. The second kappa shape index (κ2) is 6.19. The van der Waals surface area contributed by atoms with Crippen molar-refractivity contribution < 1.29 is 9.90 Å². The number of rotatable bonds is 1. The van der Waals surface area contributed by atoms with E-state index in [1.807, 2.05) is 18.2 Å². The molecule has 4 heteroatoms. The maximum atomic E-state index is 10.3. The zero-order valence-corrected chi connectivity index (χ0v) is 8.58. The first-order chi connectivity index (χ1) is 7.70. The highest BCUT2D eigenvalue weighted by Crippen LogP contribution is 2.04. The number of carbonyl (C=O) groups is 1. The fourth-order valence-electron chi connectivity index (χ4n) is 0.938. The molecule has 3 N–H and O–H groups in total. The lowest BCUT2D eigenvalue weighted by molar-refractivity contribution is 0.0697. The van der Waals surface area contributed by atoms with Crippen molar-refractivity contribution in [1.29, 1.82) is 0 Å². The molecule has 1 aromatic carbocycles. The average molecular weight is 216 g/mol. The Labute approximate surface area is 93.4 Å². The molecule has 82 valence electrons. The van der Waals surface area contributed by atoms with Gasteiger partial charge in [-0.3, -0.25) is 4.98 Å². The summed E-state index contributed by atoms with van der Waals surface area (Å²) in [5.41, 5.74) is 6.17. The molecule has 2 aromatic rings. The summed E-state index contributed by atoms with van der Waals surface area (Å²) in [6, 6.07) is 11.8. The molecule has 0 radical (unpaired) electrons. The number of benzene rings is 1. The fraction of sp³-hybridized carbons (Fsp3) is 0. The molecule has 0 bridgehead atoms. The molecule has 1 heterocycles. The van der Waals surface area contributed by atoms with Gasteiger partial charge in [0.1, 0.15) is 0 Å². The van der Waals surface area contributed by atoms with Gasteiger partial charge < -0.3 is 10.8 Å². The van der Waals surface area contributed by atoms with Crippen LogP contribution in [-0.4, -0.2) is 16.1 Å². The van der Waals surface area contributed by atoms with Gasteiger partial charge in [-0.1, -0.05) is 6.07 Å². The molecule has 0 aliphatic heterocycles. The van der Waals surface area contributed by atoms with Crippen molar-refractivity contribution in [3.63, 3.8) is 0 Å². The number of carboxylic acid groups (broad SMARTS) is 1. The largest absolute Gasteiger partial charge is 0.478 e. The number of nitrogen functional groups attached to an aromatic ring is 1. The summed E-state index contributed by atoms with van der Waals surface area (Å²) in [5, 5.41) is 8.43. The van der Waals surface area contributed by atoms with E-state index in [0.29, 0.717) is 5.69 Å². The molecule has 0 amide bonds. The van der Waals surface area contributed by atoms with Crippen LogP contribution in [0.3, 0.4) is 0 Å². The van der Waals surface area contributed by atoms with Gasteiger partial charge in [0.25, 0.3) is 0 Å². The number of aromatic carboxylic acids is 1. The summed E-state index contributed by atoms with van der Waals surface area (Å²) in [6.45, 7) is 0. The predicted octanol–water partition coefficient (Wildman–Crippen LogP) is 2.05. The minimum absolute atomic E-state index is 0.259. The lowest BCUT2D eigenvalue weighted by Crippen LogP contribution is -1.95. The van der Waals surface area contributed by atoms with Crippen molar-refractivity contribution in [3.8, 4) is 0 Å². The monoisotopic (exact) mass is 216 g/mol. The van der Waals surface area contributed by atoms with E-state index < -0.39 is 5.97 Å². The smallest absolute Gasteiger partial charge is 0.335 e. The van der Waals surface area contributed by atoms with Crippen molar-refractivity contribution in [1.82, 2.24) is 4.98 Å². The van der Waals surface area contributed by atoms with E-state index in [9.17, 15) is 4.79 Å². The molecule has 1 aromatic heterocycles. The van der Waals surface area contributed by atoms with Crippen LogP contribution in [0.5, 0.6) is 0 Å². The van der Waals surface area contributed by atoms with Crippen molar-refractivity contribution in [2.24, 2.45) is 0 Å². The first-order valence-corrected chi connectivity index (χ1v) is 4.64. The molecule has 0 aliphatic carbocycles. The molecule has 0 unspecified atom stereocenters. The first-order valence-electron chi connectivity index (χ1n) is 4.64. The Kier molecular flexibility index (Phi) is 4.53. The Morgan fingerprint density at radius 1 is 1.06 bits per heavy atom. The van der Waals surface area contributed by atoms with Crippen molar-refractivity contribution >= 4 is 11.7 Å². The minimum atomic E-state index is -0.931. The Morgan fingerprint density at radius 3 is 1.94 bits per heavy atom. The van der Waals surface area contributed by atoms with Crippen LogP contribution >= 0.6 is 0 Å². The number of aromatic nitrogens is 1. The SMILES string of the molecule is Nc1ccc(C(=O)O)cc1.c1ccncc1. The van der Waals surface area contributed by atoms with Gasteiger partial charge in [-0.25, -0.2) is 4.79 Å². The van der Waals surface area contributed by atoms with Gasteiger partial charge in [0, 0.05) is 18.1 Å². The topological polar surface area (TPSA) is 76.2 Å². The van der Waals surface area contributed by atoms with Crippen LogP contribution in [0.4, 0.5) is 5.69 Å². The molecule has 2 rings (SSSR count). The fourth-order valence-corrected chi connectivity index (χ4v) is 0.938. The summed E-state index contributed by atoms with van der Waals surface area (Å²) in [6.07, 6.45) is 3.50. The van der Waals surface area contributed by atoms with E-state index in [1.54, 1.807) is 24.5 Å². The maximum absolute atomic E-state index is 10.3. The molecule has 0 aliphatic rings. The van der Waals surface area contributed by atoms with Gasteiger partial charge in [-0.2, -0.15) is 0 Å². The molecule has 0 spiro atoms. The van der Waals surface area contributed by atoms with Gasteiger partial charge in [-0.15, -0.1) is 0 Å². The molecule has 0 fully saturated rings. The van der Waals surface area contributed by atoms with Crippen LogP contribution in [0.25, 0.3) is 0 Å². The molecule has 16 heavy (non-hydrogen) atoms. The predicted molar refractivity (Wildman–Crippen MR) is 62.1 cm³/mol. The van der Waals surface area contributed by atoms with Crippen molar-refractivity contribution in [2.75, 3.05) is 5.73 Å². The number of hydrogen-bond acceptors (Lipinski definition) is 3. The quantitative estimate of drug-likeness (QED) is 0.715. The summed E-state index contributed by atoms with van der Waals surface area (Å²) in [7, 11) is 0. The number of hydrogen-bond donors (Lipinski definition) is 2. The standard InChI is InChI=1S/C7H7NO2.C5H5N/c8-6-3-1-5(2-4-6)7(9)10;1-2-4-6-5-3-1/h1-4H,8H2,(H,9,10);1-5H. The van der Waals surface area contributed by atoms with Crippen LogP contribution in [-0.2, 0) is 0 Å². The highest BCUT2D eigenvalue weighted by molar-refractivity contribution is 5.87. The lowest BCUT2D eigenvalue weighted by Gasteiger charge is -1.93. The van der Waals surface area contributed by atoms with Gasteiger partial charge >= 0.3 is 5.97 Å². The van der Waals surface area contributed by atoms with Gasteiger partial charge in [0.05, 0.1) is 5.56 Å². The number of nitrogens with two attached hydrogens (primary N) is 1. The van der Waals surface area contributed by atoms with Crippen LogP contribution < -0.4 is 5.73 Å². The number of nitrogens with zero attached hydrogens (tertiary/aromatic N) is 1. The van der Waals surface area contributed by atoms with Crippen LogP contribution in [0.2, 0.25) is 0 Å². The van der Waals surface area contributed by atoms with E-state index in [2.05, 4.69) is 4.98 Å². The summed E-state index contributed by atoms with van der Waals surface area (Å²) in [4.78, 5) is 14.1. The average Bonchev–Trinajstić information content (AvgIpc) is 2.32. The first kappa shape index (κ1) is 11.7.